The molecule has 2 heterocycles. The lowest BCUT2D eigenvalue weighted by Gasteiger charge is -2.18. The van der Waals surface area contributed by atoms with E-state index in [0.717, 1.165) is 35.7 Å². The first-order chi connectivity index (χ1) is 12.7. The molecule has 3 aromatic rings. The maximum Gasteiger partial charge on any atom is 0.231 e. The number of benzene rings is 2. The van der Waals surface area contributed by atoms with Crippen molar-refractivity contribution in [1.82, 2.24) is 9.88 Å². The van der Waals surface area contributed by atoms with E-state index in [1.54, 1.807) is 18.3 Å². The van der Waals surface area contributed by atoms with Crippen LogP contribution in [0, 0.1) is 5.82 Å². The van der Waals surface area contributed by atoms with Crippen LogP contribution in [0.15, 0.2) is 53.1 Å². The molecule has 1 aliphatic heterocycles. The van der Waals surface area contributed by atoms with E-state index in [0.29, 0.717) is 18.2 Å². The zero-order chi connectivity index (χ0) is 17.9. The van der Waals surface area contributed by atoms with Crippen LogP contribution in [0.3, 0.4) is 0 Å². The zero-order valence-electron chi connectivity index (χ0n) is 14.4. The van der Waals surface area contributed by atoms with E-state index in [1.807, 2.05) is 18.2 Å². The van der Waals surface area contributed by atoms with Crippen molar-refractivity contribution in [2.75, 3.05) is 13.3 Å². The highest BCUT2D eigenvalue weighted by Gasteiger charge is 2.15. The van der Waals surface area contributed by atoms with Gasteiger partial charge in [0.1, 0.15) is 5.82 Å². The normalized spacial score (nSPS) is 12.7. The van der Waals surface area contributed by atoms with Crippen LogP contribution in [0.2, 0.25) is 0 Å². The van der Waals surface area contributed by atoms with Crippen molar-refractivity contribution < 1.29 is 18.3 Å². The topological polar surface area (TPSA) is 47.7 Å². The molecule has 0 fully saturated rings. The molecule has 0 bridgehead atoms. The first kappa shape index (κ1) is 16.6. The summed E-state index contributed by atoms with van der Waals surface area (Å²) in [7, 11) is 0. The molecule has 0 amide bonds. The fourth-order valence-electron chi connectivity index (χ4n) is 2.90. The molecule has 0 saturated carbocycles. The largest absolute Gasteiger partial charge is 0.454 e. The lowest BCUT2D eigenvalue weighted by atomic mass is 10.2. The van der Waals surface area contributed by atoms with E-state index in [4.69, 9.17) is 13.9 Å². The predicted octanol–water partition coefficient (Wildman–Crippen LogP) is 4.23. The van der Waals surface area contributed by atoms with E-state index < -0.39 is 0 Å². The number of hydrogen-bond donors (Lipinski definition) is 0. The summed E-state index contributed by atoms with van der Waals surface area (Å²) in [6.07, 6.45) is 1.68. The molecule has 6 heteroatoms. The Balaban J connectivity index is 1.44. The lowest BCUT2D eigenvalue weighted by molar-refractivity contribution is 0.174. The van der Waals surface area contributed by atoms with Gasteiger partial charge in [0, 0.05) is 12.1 Å². The number of hydrogen-bond acceptors (Lipinski definition) is 5. The second-order valence-corrected chi connectivity index (χ2v) is 6.12. The molecule has 0 saturated heterocycles. The molecule has 0 N–H and O–H groups in total. The van der Waals surface area contributed by atoms with Gasteiger partial charge in [-0.2, -0.15) is 0 Å². The second-order valence-electron chi connectivity index (χ2n) is 6.12. The van der Waals surface area contributed by atoms with E-state index in [1.165, 1.54) is 12.1 Å². The summed E-state index contributed by atoms with van der Waals surface area (Å²) in [5.41, 5.74) is 1.95. The Morgan fingerprint density at radius 2 is 1.85 bits per heavy atom. The molecular weight excluding hydrogens is 335 g/mol. The summed E-state index contributed by atoms with van der Waals surface area (Å²) in [6, 6.07) is 12.2. The Labute approximate surface area is 151 Å². The summed E-state index contributed by atoms with van der Waals surface area (Å²) in [6.45, 7) is 4.56. The van der Waals surface area contributed by atoms with Crippen LogP contribution in [-0.2, 0) is 13.1 Å². The number of fused-ring (bicyclic) bond motifs is 1. The van der Waals surface area contributed by atoms with E-state index >= 15 is 0 Å². The minimum absolute atomic E-state index is 0.269. The molecule has 2 aromatic carbocycles. The van der Waals surface area contributed by atoms with Crippen LogP contribution >= 0.6 is 0 Å². The fourth-order valence-corrected chi connectivity index (χ4v) is 2.90. The third kappa shape index (κ3) is 3.55. The van der Waals surface area contributed by atoms with E-state index in [9.17, 15) is 4.39 Å². The van der Waals surface area contributed by atoms with Gasteiger partial charge in [-0.05, 0) is 48.5 Å². The van der Waals surface area contributed by atoms with Gasteiger partial charge in [0.05, 0.1) is 12.7 Å². The number of oxazole rings is 1. The average Bonchev–Trinajstić information content (AvgIpc) is 3.30. The summed E-state index contributed by atoms with van der Waals surface area (Å²) < 4.78 is 29.7. The van der Waals surface area contributed by atoms with Gasteiger partial charge in [0.15, 0.2) is 17.3 Å². The van der Waals surface area contributed by atoms with Crippen molar-refractivity contribution in [3.05, 3.63) is 65.9 Å². The molecule has 0 atom stereocenters. The minimum Gasteiger partial charge on any atom is -0.454 e. The number of ether oxygens (including phenoxy) is 2. The number of aromatic nitrogens is 1. The highest BCUT2D eigenvalue weighted by Crippen LogP contribution is 2.33. The van der Waals surface area contributed by atoms with Gasteiger partial charge in [-0.15, -0.1) is 0 Å². The van der Waals surface area contributed by atoms with Crippen LogP contribution in [0.1, 0.15) is 18.4 Å². The Morgan fingerprint density at radius 3 is 2.65 bits per heavy atom. The van der Waals surface area contributed by atoms with Crippen LogP contribution in [-0.4, -0.2) is 23.2 Å². The Morgan fingerprint density at radius 1 is 1.04 bits per heavy atom. The Hall–Kier alpha value is -2.86. The highest BCUT2D eigenvalue weighted by molar-refractivity contribution is 5.55. The Bertz CT molecular complexity index is 892. The highest BCUT2D eigenvalue weighted by atomic mass is 19.1. The van der Waals surface area contributed by atoms with Gasteiger partial charge in [-0.3, -0.25) is 4.90 Å². The van der Waals surface area contributed by atoms with Gasteiger partial charge < -0.3 is 13.9 Å². The quantitative estimate of drug-likeness (QED) is 0.663. The van der Waals surface area contributed by atoms with E-state index in [2.05, 4.69) is 16.8 Å². The molecule has 134 valence electrons. The third-order valence-electron chi connectivity index (χ3n) is 4.33. The molecule has 4 rings (SSSR count). The van der Waals surface area contributed by atoms with Crippen molar-refractivity contribution in [3.8, 4) is 22.8 Å². The SMILES string of the molecule is CCN(Cc1ccc2c(c1)OCO2)Cc1ncc(-c2ccc(F)cc2)o1. The molecule has 26 heavy (non-hydrogen) atoms. The summed E-state index contributed by atoms with van der Waals surface area (Å²) in [4.78, 5) is 6.58. The van der Waals surface area contributed by atoms with Gasteiger partial charge in [-0.1, -0.05) is 13.0 Å². The molecular formula is C20H19FN2O3. The first-order valence-electron chi connectivity index (χ1n) is 8.53. The summed E-state index contributed by atoms with van der Waals surface area (Å²) >= 11 is 0. The van der Waals surface area contributed by atoms with E-state index in [-0.39, 0.29) is 12.6 Å². The monoisotopic (exact) mass is 354 g/mol. The minimum atomic E-state index is -0.269. The third-order valence-corrected chi connectivity index (χ3v) is 4.33. The van der Waals surface area contributed by atoms with Gasteiger partial charge >= 0.3 is 0 Å². The molecule has 1 aliphatic rings. The molecule has 0 radical (unpaired) electrons. The first-order valence-corrected chi connectivity index (χ1v) is 8.53. The molecule has 0 aliphatic carbocycles. The lowest BCUT2D eigenvalue weighted by Crippen LogP contribution is -2.22. The van der Waals surface area contributed by atoms with Crippen molar-refractivity contribution in [2.45, 2.75) is 20.0 Å². The molecule has 0 spiro atoms. The number of nitrogens with zero attached hydrogens (tertiary/aromatic N) is 2. The van der Waals surface area contributed by atoms with Crippen molar-refractivity contribution >= 4 is 0 Å². The zero-order valence-corrected chi connectivity index (χ0v) is 14.4. The average molecular weight is 354 g/mol. The maximum atomic E-state index is 13.0. The van der Waals surface area contributed by atoms with Crippen LogP contribution in [0.4, 0.5) is 4.39 Å². The van der Waals surface area contributed by atoms with Crippen molar-refractivity contribution in [1.29, 1.82) is 0 Å². The van der Waals surface area contributed by atoms with Crippen LogP contribution < -0.4 is 9.47 Å². The van der Waals surface area contributed by atoms with Gasteiger partial charge in [0.25, 0.3) is 0 Å². The number of rotatable bonds is 6. The standard InChI is InChI=1S/C20H19FN2O3/c1-2-23(11-14-3-8-17-18(9-14)25-13-24-17)12-20-22-10-19(26-20)15-4-6-16(21)7-5-15/h3-10H,2,11-13H2,1H3. The second kappa shape index (κ2) is 7.17. The van der Waals surface area contributed by atoms with Gasteiger partial charge in [0.2, 0.25) is 12.7 Å². The van der Waals surface area contributed by atoms with Gasteiger partial charge in [-0.25, -0.2) is 9.37 Å². The molecule has 5 nitrogen and oxygen atoms in total. The fraction of sp³-hybridized carbons (Fsp3) is 0.250. The molecule has 0 unspecified atom stereocenters. The van der Waals surface area contributed by atoms with Crippen molar-refractivity contribution in [3.63, 3.8) is 0 Å². The summed E-state index contributed by atoms with van der Waals surface area (Å²) in [5, 5.41) is 0. The Kier molecular flexibility index (Phi) is 4.58. The maximum absolute atomic E-state index is 13.0. The summed E-state index contributed by atoms with van der Waals surface area (Å²) in [5.74, 6) is 2.57. The molecule has 1 aromatic heterocycles. The van der Waals surface area contributed by atoms with Crippen LogP contribution in [0.25, 0.3) is 11.3 Å². The van der Waals surface area contributed by atoms with Crippen molar-refractivity contribution in [2.24, 2.45) is 0 Å². The smallest absolute Gasteiger partial charge is 0.231 e. The predicted molar refractivity (Wildman–Crippen MR) is 94.3 cm³/mol. The van der Waals surface area contributed by atoms with Crippen LogP contribution in [0.5, 0.6) is 11.5 Å². The number of halogens is 1.